The zero-order valence-corrected chi connectivity index (χ0v) is 22.4. The molecule has 39 heavy (non-hydrogen) atoms. The van der Waals surface area contributed by atoms with Crippen molar-refractivity contribution in [2.24, 2.45) is 0 Å². The quantitative estimate of drug-likeness (QED) is 0.326. The van der Waals surface area contributed by atoms with Gasteiger partial charge in [-0.05, 0) is 42.5 Å². The molecule has 1 fully saturated rings. The summed E-state index contributed by atoms with van der Waals surface area (Å²) in [6.07, 6.45) is 3.89. The largest absolute Gasteiger partial charge is 0.492 e. The first-order valence-electron chi connectivity index (χ1n) is 12.9. The van der Waals surface area contributed by atoms with Gasteiger partial charge in [0.05, 0.1) is 30.3 Å². The molecule has 1 amide bonds. The summed E-state index contributed by atoms with van der Waals surface area (Å²) in [5, 5.41) is 1.01. The second-order valence-corrected chi connectivity index (χ2v) is 11.5. The Kier molecular flexibility index (Phi) is 6.72. The molecule has 0 bridgehead atoms. The molecule has 1 aromatic heterocycles. The zero-order chi connectivity index (χ0) is 27.0. The lowest BCUT2D eigenvalue weighted by atomic mass is 10.0. The van der Waals surface area contributed by atoms with E-state index in [1.807, 2.05) is 66.9 Å². The number of hydrogen-bond donors (Lipinski definition) is 0. The standard InChI is InChI=1S/C30H29N3O5S/c1-31-28-12-11-24(39(35,36)33-14-16-37-17-15-33)20-26(28)27(30(31)34)19-22-21-32(29-10-6-5-9-25(22)29)13-18-38-23-7-3-2-4-8-23/h2-12,19-21H,13-18H2,1H3. The molecule has 0 saturated carbocycles. The number of para-hydroxylation sites is 2. The Balaban J connectivity index is 1.35. The van der Waals surface area contributed by atoms with E-state index in [0.29, 0.717) is 56.3 Å². The topological polar surface area (TPSA) is 81.1 Å². The number of benzene rings is 3. The highest BCUT2D eigenvalue weighted by molar-refractivity contribution is 7.89. The molecule has 1 saturated heterocycles. The van der Waals surface area contributed by atoms with Gasteiger partial charge in [0, 0.05) is 53.9 Å². The Morgan fingerprint density at radius 1 is 0.974 bits per heavy atom. The molecule has 4 aromatic rings. The minimum Gasteiger partial charge on any atom is -0.492 e. The van der Waals surface area contributed by atoms with Crippen molar-refractivity contribution in [2.45, 2.75) is 11.4 Å². The summed E-state index contributed by atoms with van der Waals surface area (Å²) in [4.78, 5) is 15.1. The molecule has 2 aliphatic rings. The molecular weight excluding hydrogens is 514 g/mol. The summed E-state index contributed by atoms with van der Waals surface area (Å²) >= 11 is 0. The van der Waals surface area contributed by atoms with E-state index in [9.17, 15) is 13.2 Å². The van der Waals surface area contributed by atoms with Gasteiger partial charge in [-0.2, -0.15) is 4.31 Å². The van der Waals surface area contributed by atoms with E-state index in [4.69, 9.17) is 9.47 Å². The van der Waals surface area contributed by atoms with E-state index in [1.165, 1.54) is 4.31 Å². The maximum absolute atomic E-state index is 13.4. The number of rotatable bonds is 7. The summed E-state index contributed by atoms with van der Waals surface area (Å²) in [7, 11) is -1.99. The first kappa shape index (κ1) is 25.4. The Labute approximate surface area is 227 Å². The molecular formula is C30H29N3O5S. The molecule has 0 atom stereocenters. The van der Waals surface area contributed by atoms with Gasteiger partial charge in [-0.1, -0.05) is 36.4 Å². The first-order chi connectivity index (χ1) is 18.9. The van der Waals surface area contributed by atoms with E-state index < -0.39 is 10.0 Å². The SMILES string of the molecule is CN1C(=O)C(=Cc2cn(CCOc3ccccc3)c3ccccc23)c2cc(S(=O)(=O)N3CCOCC3)ccc21. The molecule has 0 aliphatic carbocycles. The number of nitrogens with zero attached hydrogens (tertiary/aromatic N) is 3. The van der Waals surface area contributed by atoms with Crippen molar-refractivity contribution >= 4 is 44.2 Å². The number of amides is 1. The highest BCUT2D eigenvalue weighted by Gasteiger charge is 2.33. The maximum Gasteiger partial charge on any atom is 0.258 e. The van der Waals surface area contributed by atoms with Crippen molar-refractivity contribution in [1.82, 2.24) is 8.87 Å². The van der Waals surface area contributed by atoms with Crippen molar-refractivity contribution in [1.29, 1.82) is 0 Å². The van der Waals surface area contributed by atoms with Gasteiger partial charge in [-0.25, -0.2) is 8.42 Å². The fraction of sp³-hybridized carbons (Fsp3) is 0.233. The van der Waals surface area contributed by atoms with Gasteiger partial charge in [0.2, 0.25) is 10.0 Å². The molecule has 2 aliphatic heterocycles. The predicted octanol–water partition coefficient (Wildman–Crippen LogP) is 4.26. The molecule has 0 radical (unpaired) electrons. The Morgan fingerprint density at radius 2 is 1.72 bits per heavy atom. The molecule has 9 heteroatoms. The summed E-state index contributed by atoms with van der Waals surface area (Å²) in [6.45, 7) is 2.49. The maximum atomic E-state index is 13.4. The van der Waals surface area contributed by atoms with Crippen LogP contribution < -0.4 is 9.64 Å². The number of fused-ring (bicyclic) bond motifs is 2. The molecule has 3 aromatic carbocycles. The monoisotopic (exact) mass is 543 g/mol. The average molecular weight is 544 g/mol. The minimum atomic E-state index is -3.70. The number of ether oxygens (including phenoxy) is 2. The summed E-state index contributed by atoms with van der Waals surface area (Å²) in [5.74, 6) is 0.644. The van der Waals surface area contributed by atoms with Gasteiger partial charge >= 0.3 is 0 Å². The van der Waals surface area contributed by atoms with Gasteiger partial charge < -0.3 is 18.9 Å². The number of hydrogen-bond acceptors (Lipinski definition) is 5. The van der Waals surface area contributed by atoms with Crippen LogP contribution in [0.15, 0.2) is 83.9 Å². The Bertz CT molecular complexity index is 1670. The van der Waals surface area contributed by atoms with Crippen molar-refractivity contribution in [3.8, 4) is 5.75 Å². The number of carbonyl (C=O) groups excluding carboxylic acids is 1. The van der Waals surface area contributed by atoms with Crippen LogP contribution >= 0.6 is 0 Å². The molecule has 8 nitrogen and oxygen atoms in total. The number of morpholine rings is 1. The summed E-state index contributed by atoms with van der Waals surface area (Å²) in [5.41, 5.74) is 3.68. The Morgan fingerprint density at radius 3 is 2.51 bits per heavy atom. The van der Waals surface area contributed by atoms with E-state index >= 15 is 0 Å². The van der Waals surface area contributed by atoms with Crippen LogP contribution in [-0.4, -0.2) is 63.2 Å². The summed E-state index contributed by atoms with van der Waals surface area (Å²) < 4.78 is 41.5. The average Bonchev–Trinajstić information content (AvgIpc) is 3.44. The fourth-order valence-electron chi connectivity index (χ4n) is 5.17. The summed E-state index contributed by atoms with van der Waals surface area (Å²) in [6, 6.07) is 22.6. The third-order valence-corrected chi connectivity index (χ3v) is 9.12. The lowest BCUT2D eigenvalue weighted by Crippen LogP contribution is -2.40. The van der Waals surface area contributed by atoms with E-state index in [0.717, 1.165) is 22.2 Å². The van der Waals surface area contributed by atoms with E-state index in [2.05, 4.69) is 4.57 Å². The number of aromatic nitrogens is 1. The van der Waals surface area contributed by atoms with Crippen molar-refractivity contribution in [3.63, 3.8) is 0 Å². The van der Waals surface area contributed by atoms with Crippen LogP contribution in [0.1, 0.15) is 11.1 Å². The van der Waals surface area contributed by atoms with Crippen LogP contribution in [0.25, 0.3) is 22.6 Å². The van der Waals surface area contributed by atoms with Crippen molar-refractivity contribution in [3.05, 3.63) is 90.1 Å². The van der Waals surface area contributed by atoms with Crippen LogP contribution in [0, 0.1) is 0 Å². The van der Waals surface area contributed by atoms with Crippen LogP contribution in [0.4, 0.5) is 5.69 Å². The molecule has 6 rings (SSSR count). The smallest absolute Gasteiger partial charge is 0.258 e. The van der Waals surface area contributed by atoms with Gasteiger partial charge in [-0.3, -0.25) is 4.79 Å². The van der Waals surface area contributed by atoms with Crippen LogP contribution in [-0.2, 0) is 26.1 Å². The third kappa shape index (κ3) is 4.73. The third-order valence-electron chi connectivity index (χ3n) is 7.23. The number of carbonyl (C=O) groups is 1. The van der Waals surface area contributed by atoms with Gasteiger partial charge in [-0.15, -0.1) is 0 Å². The molecule has 0 unspecified atom stereocenters. The lowest BCUT2D eigenvalue weighted by Gasteiger charge is -2.26. The van der Waals surface area contributed by atoms with Gasteiger partial charge in [0.1, 0.15) is 12.4 Å². The number of sulfonamides is 1. The molecule has 3 heterocycles. The number of likely N-dealkylation sites (N-methyl/N-ethyl adjacent to an activating group) is 1. The fourth-order valence-corrected chi connectivity index (χ4v) is 6.61. The molecule has 0 spiro atoms. The minimum absolute atomic E-state index is 0.171. The molecule has 0 N–H and O–H groups in total. The first-order valence-corrected chi connectivity index (χ1v) is 14.4. The lowest BCUT2D eigenvalue weighted by molar-refractivity contribution is -0.112. The van der Waals surface area contributed by atoms with Gasteiger partial charge in [0.15, 0.2) is 0 Å². The Hall–Kier alpha value is -3.92. The number of anilines is 1. The van der Waals surface area contributed by atoms with Crippen LogP contribution in [0.5, 0.6) is 5.75 Å². The van der Waals surface area contributed by atoms with E-state index in [1.54, 1.807) is 30.1 Å². The van der Waals surface area contributed by atoms with Crippen LogP contribution in [0.2, 0.25) is 0 Å². The molecule has 200 valence electrons. The van der Waals surface area contributed by atoms with Crippen molar-refractivity contribution in [2.75, 3.05) is 44.9 Å². The highest BCUT2D eigenvalue weighted by atomic mass is 32.2. The second kappa shape index (κ2) is 10.3. The highest BCUT2D eigenvalue weighted by Crippen LogP contribution is 2.39. The van der Waals surface area contributed by atoms with Crippen molar-refractivity contribution < 1.29 is 22.7 Å². The predicted molar refractivity (Wildman–Crippen MR) is 151 cm³/mol. The van der Waals surface area contributed by atoms with E-state index in [-0.39, 0.29) is 10.8 Å². The second-order valence-electron chi connectivity index (χ2n) is 9.57. The van der Waals surface area contributed by atoms with Gasteiger partial charge in [0.25, 0.3) is 5.91 Å². The van der Waals surface area contributed by atoms with Crippen LogP contribution in [0.3, 0.4) is 0 Å². The normalized spacial score (nSPS) is 17.2. The zero-order valence-electron chi connectivity index (χ0n) is 21.6.